The zero-order valence-corrected chi connectivity index (χ0v) is 18.1. The Labute approximate surface area is 183 Å². The summed E-state index contributed by atoms with van der Waals surface area (Å²) in [6, 6.07) is 8.35. The number of carboxylic acids is 2. The number of hydrogen-bond acceptors (Lipinski definition) is 8. The average molecular weight is 448 g/mol. The Balaban J connectivity index is 0.000000501. The second-order valence-electron chi connectivity index (χ2n) is 6.29. The van der Waals surface area contributed by atoms with Crippen molar-refractivity contribution < 1.29 is 29.3 Å². The lowest BCUT2D eigenvalue weighted by Gasteiger charge is -2.12. The number of thiophene rings is 1. The normalized spacial score (nSPS) is 10.3. The first kappa shape index (κ1) is 24.0. The summed E-state index contributed by atoms with van der Waals surface area (Å²) < 4.78 is 11.3. The minimum absolute atomic E-state index is 0.578. The SMILES string of the molecule is CCOCCc1ccc(OCCNc2ncnc3sccc23)c(C)c1.O=C(O)C(=O)O. The smallest absolute Gasteiger partial charge is 0.414 e. The van der Waals surface area contributed by atoms with E-state index in [1.807, 2.05) is 24.4 Å². The molecule has 0 fully saturated rings. The van der Waals surface area contributed by atoms with Crippen LogP contribution < -0.4 is 10.1 Å². The van der Waals surface area contributed by atoms with E-state index < -0.39 is 11.9 Å². The Morgan fingerprint density at radius 3 is 2.58 bits per heavy atom. The van der Waals surface area contributed by atoms with E-state index in [2.05, 4.69) is 34.3 Å². The maximum Gasteiger partial charge on any atom is 0.414 e. The van der Waals surface area contributed by atoms with Gasteiger partial charge in [-0.05, 0) is 48.9 Å². The number of aliphatic carboxylic acids is 2. The number of ether oxygens (including phenoxy) is 2. The van der Waals surface area contributed by atoms with Gasteiger partial charge in [0.15, 0.2) is 0 Å². The zero-order valence-electron chi connectivity index (χ0n) is 17.3. The van der Waals surface area contributed by atoms with Crippen LogP contribution in [0.15, 0.2) is 36.0 Å². The molecule has 0 spiro atoms. The van der Waals surface area contributed by atoms with Gasteiger partial charge >= 0.3 is 11.9 Å². The van der Waals surface area contributed by atoms with Crippen molar-refractivity contribution in [3.8, 4) is 5.75 Å². The van der Waals surface area contributed by atoms with Gasteiger partial charge in [-0.25, -0.2) is 19.6 Å². The van der Waals surface area contributed by atoms with Crippen molar-refractivity contribution in [2.24, 2.45) is 0 Å². The van der Waals surface area contributed by atoms with Crippen LogP contribution in [0.1, 0.15) is 18.1 Å². The quantitative estimate of drug-likeness (QED) is 0.334. The first-order valence-electron chi connectivity index (χ1n) is 9.60. The van der Waals surface area contributed by atoms with E-state index in [1.165, 1.54) is 5.56 Å². The van der Waals surface area contributed by atoms with Crippen molar-refractivity contribution in [1.82, 2.24) is 9.97 Å². The highest BCUT2D eigenvalue weighted by Gasteiger charge is 2.05. The summed E-state index contributed by atoms with van der Waals surface area (Å²) in [5.74, 6) is -1.87. The molecule has 3 rings (SSSR count). The molecule has 0 saturated carbocycles. The number of aromatic nitrogens is 2. The fourth-order valence-electron chi connectivity index (χ4n) is 2.62. The van der Waals surface area contributed by atoms with Crippen molar-refractivity contribution in [3.63, 3.8) is 0 Å². The molecule has 0 aliphatic heterocycles. The average Bonchev–Trinajstić information content (AvgIpc) is 3.22. The Bertz CT molecular complexity index is 996. The topological polar surface area (TPSA) is 131 Å². The van der Waals surface area contributed by atoms with Crippen LogP contribution >= 0.6 is 11.3 Å². The van der Waals surface area contributed by atoms with Crippen LogP contribution in [0.5, 0.6) is 5.75 Å². The number of anilines is 1. The maximum atomic E-state index is 9.10. The summed E-state index contributed by atoms with van der Waals surface area (Å²) in [7, 11) is 0. The van der Waals surface area contributed by atoms with Gasteiger partial charge in [0.05, 0.1) is 18.5 Å². The third-order valence-corrected chi connectivity index (χ3v) is 4.90. The number of aryl methyl sites for hydroxylation is 1. The van der Waals surface area contributed by atoms with Crippen molar-refractivity contribution >= 4 is 39.3 Å². The highest BCUT2D eigenvalue weighted by atomic mass is 32.1. The van der Waals surface area contributed by atoms with Crippen LogP contribution in [0.25, 0.3) is 10.2 Å². The molecule has 10 heteroatoms. The number of nitrogens with one attached hydrogen (secondary N) is 1. The highest BCUT2D eigenvalue weighted by molar-refractivity contribution is 7.16. The van der Waals surface area contributed by atoms with E-state index in [1.54, 1.807) is 17.7 Å². The molecule has 1 aromatic carbocycles. The third kappa shape index (κ3) is 7.83. The number of nitrogens with zero attached hydrogens (tertiary/aromatic N) is 2. The van der Waals surface area contributed by atoms with E-state index in [9.17, 15) is 0 Å². The number of benzene rings is 1. The summed E-state index contributed by atoms with van der Waals surface area (Å²) in [5.41, 5.74) is 2.42. The molecule has 2 heterocycles. The fraction of sp³-hybridized carbons (Fsp3) is 0.333. The Morgan fingerprint density at radius 2 is 1.90 bits per heavy atom. The first-order chi connectivity index (χ1) is 14.9. The minimum Gasteiger partial charge on any atom is -0.491 e. The van der Waals surface area contributed by atoms with Gasteiger partial charge < -0.3 is 25.0 Å². The lowest BCUT2D eigenvalue weighted by Crippen LogP contribution is -2.13. The molecule has 166 valence electrons. The van der Waals surface area contributed by atoms with Crippen molar-refractivity contribution in [3.05, 3.63) is 47.1 Å². The molecule has 0 aliphatic carbocycles. The largest absolute Gasteiger partial charge is 0.491 e. The molecule has 9 nitrogen and oxygen atoms in total. The Morgan fingerprint density at radius 1 is 1.13 bits per heavy atom. The molecule has 0 atom stereocenters. The fourth-order valence-corrected chi connectivity index (χ4v) is 3.36. The number of carbonyl (C=O) groups is 2. The van der Waals surface area contributed by atoms with Gasteiger partial charge in [0.25, 0.3) is 0 Å². The molecule has 0 amide bonds. The van der Waals surface area contributed by atoms with Gasteiger partial charge in [0.1, 0.15) is 29.3 Å². The van der Waals surface area contributed by atoms with E-state index in [-0.39, 0.29) is 0 Å². The van der Waals surface area contributed by atoms with Crippen LogP contribution in [0, 0.1) is 6.92 Å². The van der Waals surface area contributed by atoms with Crippen molar-refractivity contribution in [1.29, 1.82) is 0 Å². The predicted octanol–water partition coefficient (Wildman–Crippen LogP) is 3.23. The van der Waals surface area contributed by atoms with Crippen LogP contribution in [0.4, 0.5) is 5.82 Å². The third-order valence-electron chi connectivity index (χ3n) is 4.08. The minimum atomic E-state index is -1.82. The standard InChI is InChI=1S/C19H23N3O2S.C2H2O4/c1-3-23-9-6-15-4-5-17(14(2)12-15)24-10-8-20-18-16-7-11-25-19(16)22-13-21-18;3-1(4)2(5)6/h4-5,7,11-13H,3,6,8-10H2,1-2H3,(H,20,21,22);(H,3,4)(H,5,6). The highest BCUT2D eigenvalue weighted by Crippen LogP contribution is 2.23. The van der Waals surface area contributed by atoms with Gasteiger partial charge in [-0.15, -0.1) is 11.3 Å². The van der Waals surface area contributed by atoms with Crippen molar-refractivity contribution in [2.45, 2.75) is 20.3 Å². The van der Waals surface area contributed by atoms with Crippen LogP contribution in [0.2, 0.25) is 0 Å². The molecule has 0 radical (unpaired) electrons. The summed E-state index contributed by atoms with van der Waals surface area (Å²) in [4.78, 5) is 27.8. The Kier molecular flexibility index (Phi) is 9.66. The summed E-state index contributed by atoms with van der Waals surface area (Å²) in [6.07, 6.45) is 2.52. The van der Waals surface area contributed by atoms with Gasteiger partial charge in [-0.3, -0.25) is 0 Å². The number of fused-ring (bicyclic) bond motifs is 1. The maximum absolute atomic E-state index is 9.10. The molecule has 0 unspecified atom stereocenters. The van der Waals surface area contributed by atoms with E-state index in [0.717, 1.165) is 47.0 Å². The van der Waals surface area contributed by atoms with Crippen LogP contribution in [-0.2, 0) is 20.7 Å². The lowest BCUT2D eigenvalue weighted by molar-refractivity contribution is -0.159. The number of carboxylic acid groups (broad SMARTS) is 2. The molecule has 31 heavy (non-hydrogen) atoms. The lowest BCUT2D eigenvalue weighted by atomic mass is 10.1. The van der Waals surface area contributed by atoms with Crippen LogP contribution in [-0.4, -0.2) is 58.5 Å². The molecule has 0 bridgehead atoms. The molecule has 2 aromatic heterocycles. The second-order valence-corrected chi connectivity index (χ2v) is 7.19. The van der Waals surface area contributed by atoms with Gasteiger partial charge in [0, 0.05) is 6.61 Å². The van der Waals surface area contributed by atoms with Gasteiger partial charge in [-0.2, -0.15) is 0 Å². The van der Waals surface area contributed by atoms with Gasteiger partial charge in [-0.1, -0.05) is 12.1 Å². The molecule has 3 aromatic rings. The summed E-state index contributed by atoms with van der Waals surface area (Å²) >= 11 is 1.62. The van der Waals surface area contributed by atoms with Crippen LogP contribution in [0.3, 0.4) is 0 Å². The van der Waals surface area contributed by atoms with E-state index >= 15 is 0 Å². The van der Waals surface area contributed by atoms with E-state index in [4.69, 9.17) is 29.3 Å². The zero-order chi connectivity index (χ0) is 22.6. The second kappa shape index (κ2) is 12.5. The monoisotopic (exact) mass is 447 g/mol. The number of rotatable bonds is 9. The summed E-state index contributed by atoms with van der Waals surface area (Å²) in [6.45, 7) is 6.88. The van der Waals surface area contributed by atoms with E-state index in [0.29, 0.717) is 13.2 Å². The molecule has 3 N–H and O–H groups in total. The Hall–Kier alpha value is -3.24. The molecular formula is C21H25N3O6S. The predicted molar refractivity (Wildman–Crippen MR) is 118 cm³/mol. The van der Waals surface area contributed by atoms with Gasteiger partial charge in [0.2, 0.25) is 0 Å². The summed E-state index contributed by atoms with van der Waals surface area (Å²) in [5, 5.41) is 21.2. The van der Waals surface area contributed by atoms with Crippen molar-refractivity contribution in [2.75, 3.05) is 31.7 Å². The molecule has 0 saturated heterocycles. The first-order valence-corrected chi connectivity index (χ1v) is 10.5. The molecule has 0 aliphatic rings. The number of hydrogen-bond donors (Lipinski definition) is 3. The molecular weight excluding hydrogens is 422 g/mol.